The summed E-state index contributed by atoms with van der Waals surface area (Å²) in [5, 5.41) is 4.11. The van der Waals surface area contributed by atoms with Gasteiger partial charge in [0.25, 0.3) is 11.7 Å². The molecule has 6 heteroatoms. The molecule has 144 valence electrons. The van der Waals surface area contributed by atoms with Crippen LogP contribution in [0.25, 0.3) is 11.3 Å². The maximum atomic E-state index is 12.7. The predicted octanol–water partition coefficient (Wildman–Crippen LogP) is 4.95. The van der Waals surface area contributed by atoms with Gasteiger partial charge in [0.2, 0.25) is 0 Å². The molecule has 1 amide bonds. The summed E-state index contributed by atoms with van der Waals surface area (Å²) in [6.07, 6.45) is 4.07. The molecule has 0 saturated carbocycles. The van der Waals surface area contributed by atoms with Crippen LogP contribution in [-0.4, -0.2) is 10.5 Å². The number of fused-ring (bicyclic) bond motifs is 1. The largest absolute Gasteiger partial charge is 0.322 e. The van der Waals surface area contributed by atoms with Crippen LogP contribution in [0.5, 0.6) is 0 Å². The second-order valence-corrected chi connectivity index (χ2v) is 8.12. The van der Waals surface area contributed by atoms with E-state index in [-0.39, 0.29) is 12.5 Å². The molecule has 2 heterocycles. The molecule has 0 bridgehead atoms. The third-order valence-electron chi connectivity index (χ3n) is 5.18. The molecule has 4 nitrogen and oxygen atoms in total. The second kappa shape index (κ2) is 7.61. The Balaban J connectivity index is 1.60. The van der Waals surface area contributed by atoms with Crippen LogP contribution >= 0.6 is 23.2 Å². The van der Waals surface area contributed by atoms with E-state index in [0.29, 0.717) is 10.0 Å². The highest BCUT2D eigenvalue weighted by molar-refractivity contribution is 6.42. The Labute approximate surface area is 174 Å². The lowest BCUT2D eigenvalue weighted by Crippen LogP contribution is -2.42. The van der Waals surface area contributed by atoms with Crippen molar-refractivity contribution in [3.05, 3.63) is 69.6 Å². The van der Waals surface area contributed by atoms with Crippen LogP contribution < -0.4 is 9.88 Å². The average molecular weight is 415 g/mol. The molecule has 0 radical (unpaired) electrons. The minimum Gasteiger partial charge on any atom is -0.322 e. The number of benzene rings is 2. The van der Waals surface area contributed by atoms with E-state index in [1.807, 2.05) is 54.9 Å². The number of nitrogens with one attached hydrogen (secondary N) is 1. The van der Waals surface area contributed by atoms with Gasteiger partial charge in [-0.2, -0.15) is 0 Å². The maximum Gasteiger partial charge on any atom is 0.266 e. The first-order valence-corrected chi connectivity index (χ1v) is 10.1. The molecule has 0 atom stereocenters. The smallest absolute Gasteiger partial charge is 0.266 e. The topological polar surface area (TPSA) is 37.9 Å². The molecule has 1 N–H and O–H groups in total. The van der Waals surface area contributed by atoms with Crippen LogP contribution in [0.1, 0.15) is 23.4 Å². The number of imidazole rings is 1. The molecule has 0 unspecified atom stereocenters. The lowest BCUT2D eigenvalue weighted by molar-refractivity contribution is -0.690. The van der Waals surface area contributed by atoms with Gasteiger partial charge in [0.1, 0.15) is 6.20 Å². The molecular formula is C22H22Cl2N3O+. The summed E-state index contributed by atoms with van der Waals surface area (Å²) in [4.78, 5) is 12.7. The lowest BCUT2D eigenvalue weighted by Gasteiger charge is -2.08. The second-order valence-electron chi connectivity index (χ2n) is 7.31. The van der Waals surface area contributed by atoms with Crippen molar-refractivity contribution in [1.29, 1.82) is 0 Å². The first kappa shape index (κ1) is 19.0. The van der Waals surface area contributed by atoms with Crippen LogP contribution in [0, 0.1) is 13.8 Å². The number of aromatic nitrogens is 2. The van der Waals surface area contributed by atoms with Crippen molar-refractivity contribution >= 4 is 34.8 Å². The van der Waals surface area contributed by atoms with Crippen LogP contribution in [0.15, 0.2) is 42.6 Å². The molecule has 3 aromatic rings. The zero-order valence-corrected chi connectivity index (χ0v) is 17.4. The summed E-state index contributed by atoms with van der Waals surface area (Å²) < 4.78 is 4.31. The number of carbonyl (C=O) groups excluding carboxylic acids is 1. The van der Waals surface area contributed by atoms with Crippen molar-refractivity contribution in [1.82, 2.24) is 4.57 Å². The SMILES string of the molecule is Cc1ccc(NC(=O)C[n+]2cc(-c3ccc(Cl)c(Cl)c3)n3c2CCC3)c(C)c1. The zero-order chi connectivity index (χ0) is 19.8. The molecule has 28 heavy (non-hydrogen) atoms. The fourth-order valence-corrected chi connectivity index (χ4v) is 4.13. The number of nitrogens with zero attached hydrogens (tertiary/aromatic N) is 2. The van der Waals surface area contributed by atoms with E-state index in [1.165, 1.54) is 5.56 Å². The van der Waals surface area contributed by atoms with Crippen LogP contribution in [0.3, 0.4) is 0 Å². The van der Waals surface area contributed by atoms with Crippen LogP contribution in [-0.2, 0) is 24.3 Å². The van der Waals surface area contributed by atoms with Crippen LogP contribution in [0.2, 0.25) is 10.0 Å². The molecule has 1 aliphatic rings. The Hall–Kier alpha value is -2.30. The highest BCUT2D eigenvalue weighted by atomic mass is 35.5. The molecule has 1 aliphatic heterocycles. The summed E-state index contributed by atoms with van der Waals surface area (Å²) in [6.45, 7) is 5.28. The summed E-state index contributed by atoms with van der Waals surface area (Å²) in [5.74, 6) is 1.13. The first-order chi connectivity index (χ1) is 13.4. The van der Waals surface area contributed by atoms with E-state index in [9.17, 15) is 4.79 Å². The minimum atomic E-state index is -0.0297. The van der Waals surface area contributed by atoms with Crippen molar-refractivity contribution in [3.8, 4) is 11.3 Å². The fourth-order valence-electron chi connectivity index (χ4n) is 3.83. The van der Waals surface area contributed by atoms with E-state index in [2.05, 4.69) is 16.0 Å². The van der Waals surface area contributed by atoms with Crippen molar-refractivity contribution in [2.75, 3.05) is 5.32 Å². The maximum absolute atomic E-state index is 12.7. The molecular weight excluding hydrogens is 393 g/mol. The molecule has 4 rings (SSSR count). The number of rotatable bonds is 4. The number of aryl methyl sites for hydroxylation is 2. The van der Waals surface area contributed by atoms with Crippen molar-refractivity contribution < 1.29 is 9.36 Å². The fraction of sp³-hybridized carbons (Fsp3) is 0.273. The van der Waals surface area contributed by atoms with Crippen molar-refractivity contribution in [3.63, 3.8) is 0 Å². The Morgan fingerprint density at radius 2 is 1.96 bits per heavy atom. The highest BCUT2D eigenvalue weighted by Crippen LogP contribution is 2.30. The van der Waals surface area contributed by atoms with E-state index in [0.717, 1.165) is 47.7 Å². The third-order valence-corrected chi connectivity index (χ3v) is 5.92. The summed E-state index contributed by atoms with van der Waals surface area (Å²) >= 11 is 12.3. The van der Waals surface area contributed by atoms with Gasteiger partial charge in [-0.1, -0.05) is 40.9 Å². The Kier molecular flexibility index (Phi) is 5.17. The molecule has 0 fully saturated rings. The predicted molar refractivity (Wildman–Crippen MR) is 113 cm³/mol. The van der Waals surface area contributed by atoms with Gasteiger partial charge in [-0.05, 0) is 50.1 Å². The monoisotopic (exact) mass is 414 g/mol. The van der Waals surface area contributed by atoms with Gasteiger partial charge in [0.05, 0.1) is 23.0 Å². The average Bonchev–Trinajstić information content (AvgIpc) is 3.24. The van der Waals surface area contributed by atoms with Crippen molar-refractivity contribution in [2.24, 2.45) is 0 Å². The minimum absolute atomic E-state index is 0.0297. The van der Waals surface area contributed by atoms with Gasteiger partial charge in [-0.3, -0.25) is 4.79 Å². The standard InChI is InChI=1S/C22H21Cl2N3O/c1-14-5-8-19(15(2)10-14)25-21(28)13-26-12-20(27-9-3-4-22(26)27)16-6-7-17(23)18(24)11-16/h5-8,10-12H,3-4,9,13H2,1-2H3/p+1. The number of halogens is 2. The van der Waals surface area contributed by atoms with Crippen LogP contribution in [0.4, 0.5) is 5.69 Å². The third kappa shape index (κ3) is 3.67. The summed E-state index contributed by atoms with van der Waals surface area (Å²) in [6, 6.07) is 11.7. The molecule has 2 aromatic carbocycles. The molecule has 0 spiro atoms. The summed E-state index contributed by atoms with van der Waals surface area (Å²) in [7, 11) is 0. The normalized spacial score (nSPS) is 12.9. The van der Waals surface area contributed by atoms with Gasteiger partial charge in [-0.15, -0.1) is 0 Å². The number of hydrogen-bond donors (Lipinski definition) is 1. The number of carbonyl (C=O) groups is 1. The number of amides is 1. The Morgan fingerprint density at radius 3 is 2.71 bits per heavy atom. The molecule has 1 aromatic heterocycles. The van der Waals surface area contributed by atoms with E-state index < -0.39 is 0 Å². The zero-order valence-electron chi connectivity index (χ0n) is 15.9. The van der Waals surface area contributed by atoms with Crippen molar-refractivity contribution in [2.45, 2.75) is 39.8 Å². The van der Waals surface area contributed by atoms with E-state index in [4.69, 9.17) is 23.2 Å². The van der Waals surface area contributed by atoms with Gasteiger partial charge >= 0.3 is 0 Å². The Bertz CT molecular complexity index is 1070. The highest BCUT2D eigenvalue weighted by Gasteiger charge is 2.29. The van der Waals surface area contributed by atoms with Gasteiger partial charge < -0.3 is 5.32 Å². The van der Waals surface area contributed by atoms with E-state index >= 15 is 0 Å². The molecule has 0 aliphatic carbocycles. The quantitative estimate of drug-likeness (QED) is 0.602. The van der Waals surface area contributed by atoms with Gasteiger partial charge in [0, 0.05) is 11.3 Å². The Morgan fingerprint density at radius 1 is 1.14 bits per heavy atom. The lowest BCUT2D eigenvalue weighted by atomic mass is 10.1. The first-order valence-electron chi connectivity index (χ1n) is 9.37. The number of hydrogen-bond acceptors (Lipinski definition) is 1. The van der Waals surface area contributed by atoms with E-state index in [1.54, 1.807) is 0 Å². The van der Waals surface area contributed by atoms with Gasteiger partial charge in [0.15, 0.2) is 12.2 Å². The van der Waals surface area contributed by atoms with Gasteiger partial charge in [-0.25, -0.2) is 9.13 Å². The molecule has 0 saturated heterocycles. The number of anilines is 1. The summed E-state index contributed by atoms with van der Waals surface area (Å²) in [5.41, 5.74) is 5.17.